The van der Waals surface area contributed by atoms with Crippen LogP contribution in [0.15, 0.2) is 48.5 Å². The fourth-order valence-corrected chi connectivity index (χ4v) is 3.62. The summed E-state index contributed by atoms with van der Waals surface area (Å²) in [5.41, 5.74) is 5.34. The summed E-state index contributed by atoms with van der Waals surface area (Å²) in [4.78, 5) is 14.7. The molecule has 1 unspecified atom stereocenters. The Balaban J connectivity index is 1.79. The molecule has 3 nitrogen and oxygen atoms in total. The molecule has 1 N–H and O–H groups in total. The van der Waals surface area contributed by atoms with Gasteiger partial charge >= 0.3 is 0 Å². The molecule has 0 radical (unpaired) electrons. The van der Waals surface area contributed by atoms with E-state index >= 15 is 0 Å². The van der Waals surface area contributed by atoms with Crippen LogP contribution in [0.1, 0.15) is 48.1 Å². The predicted molar refractivity (Wildman–Crippen MR) is 102 cm³/mol. The fourth-order valence-electron chi connectivity index (χ4n) is 3.62. The van der Waals surface area contributed by atoms with Gasteiger partial charge in [-0.25, -0.2) is 0 Å². The SMILES string of the molecule is CCCNC(=O)CN(Cc1ccc(C)cc1)C1CCc2ccccc21. The number of nitrogens with one attached hydrogen (secondary N) is 1. The molecule has 0 saturated heterocycles. The van der Waals surface area contributed by atoms with Crippen molar-refractivity contribution >= 4 is 5.91 Å². The lowest BCUT2D eigenvalue weighted by atomic mass is 10.1. The molecule has 3 heteroatoms. The molecular weight excluding hydrogens is 308 g/mol. The van der Waals surface area contributed by atoms with Crippen LogP contribution >= 0.6 is 0 Å². The molecule has 0 bridgehead atoms. The van der Waals surface area contributed by atoms with Crippen molar-refractivity contribution in [3.63, 3.8) is 0 Å². The lowest BCUT2D eigenvalue weighted by Gasteiger charge is -2.29. The lowest BCUT2D eigenvalue weighted by molar-refractivity contribution is -0.123. The first kappa shape index (κ1) is 17.7. The van der Waals surface area contributed by atoms with Crippen LogP contribution in [0, 0.1) is 6.92 Å². The van der Waals surface area contributed by atoms with Gasteiger partial charge in [0.05, 0.1) is 6.54 Å². The summed E-state index contributed by atoms with van der Waals surface area (Å²) in [7, 11) is 0. The van der Waals surface area contributed by atoms with Gasteiger partial charge in [-0.05, 0) is 42.9 Å². The zero-order valence-corrected chi connectivity index (χ0v) is 15.3. The van der Waals surface area contributed by atoms with Crippen LogP contribution in [0.4, 0.5) is 0 Å². The largest absolute Gasteiger partial charge is 0.355 e. The van der Waals surface area contributed by atoms with Crippen molar-refractivity contribution in [2.75, 3.05) is 13.1 Å². The molecule has 1 aliphatic carbocycles. The van der Waals surface area contributed by atoms with Gasteiger partial charge < -0.3 is 5.32 Å². The Morgan fingerprint density at radius 2 is 1.92 bits per heavy atom. The Morgan fingerprint density at radius 3 is 2.68 bits per heavy atom. The molecule has 2 aromatic rings. The van der Waals surface area contributed by atoms with Gasteiger partial charge in [-0.1, -0.05) is 61.0 Å². The number of aryl methyl sites for hydroxylation is 2. The molecule has 0 spiro atoms. The van der Waals surface area contributed by atoms with E-state index in [0.717, 1.165) is 32.4 Å². The number of carbonyl (C=O) groups excluding carboxylic acids is 1. The summed E-state index contributed by atoms with van der Waals surface area (Å²) in [6.45, 7) is 6.19. The van der Waals surface area contributed by atoms with Crippen molar-refractivity contribution in [1.82, 2.24) is 10.2 Å². The van der Waals surface area contributed by atoms with Crippen molar-refractivity contribution in [3.05, 3.63) is 70.8 Å². The van der Waals surface area contributed by atoms with Crippen LogP contribution in [0.3, 0.4) is 0 Å². The number of benzene rings is 2. The van der Waals surface area contributed by atoms with E-state index in [-0.39, 0.29) is 5.91 Å². The highest BCUT2D eigenvalue weighted by molar-refractivity contribution is 5.78. The van der Waals surface area contributed by atoms with E-state index in [2.05, 4.69) is 72.6 Å². The maximum atomic E-state index is 12.4. The van der Waals surface area contributed by atoms with Crippen molar-refractivity contribution in [1.29, 1.82) is 0 Å². The second kappa shape index (κ2) is 8.30. The summed E-state index contributed by atoms with van der Waals surface area (Å²) in [5, 5.41) is 3.02. The van der Waals surface area contributed by atoms with E-state index in [4.69, 9.17) is 0 Å². The lowest BCUT2D eigenvalue weighted by Crippen LogP contribution is -2.38. The van der Waals surface area contributed by atoms with Gasteiger partial charge in [0.2, 0.25) is 5.91 Å². The van der Waals surface area contributed by atoms with E-state index in [0.29, 0.717) is 12.6 Å². The van der Waals surface area contributed by atoms with Crippen LogP contribution in [-0.4, -0.2) is 23.9 Å². The normalized spacial score (nSPS) is 16.0. The smallest absolute Gasteiger partial charge is 0.234 e. The highest BCUT2D eigenvalue weighted by atomic mass is 16.2. The van der Waals surface area contributed by atoms with E-state index in [1.165, 1.54) is 22.3 Å². The molecule has 132 valence electrons. The van der Waals surface area contributed by atoms with Gasteiger partial charge in [0, 0.05) is 19.1 Å². The number of carbonyl (C=O) groups is 1. The van der Waals surface area contributed by atoms with E-state index in [1.54, 1.807) is 0 Å². The van der Waals surface area contributed by atoms with Crippen molar-refractivity contribution < 1.29 is 4.79 Å². The number of hydrogen-bond donors (Lipinski definition) is 1. The quantitative estimate of drug-likeness (QED) is 0.828. The van der Waals surface area contributed by atoms with Crippen molar-refractivity contribution in [2.45, 2.75) is 45.7 Å². The zero-order valence-electron chi connectivity index (χ0n) is 15.3. The third kappa shape index (κ3) is 4.49. The van der Waals surface area contributed by atoms with Crippen LogP contribution in [0.2, 0.25) is 0 Å². The van der Waals surface area contributed by atoms with E-state index < -0.39 is 0 Å². The number of hydrogen-bond acceptors (Lipinski definition) is 2. The van der Waals surface area contributed by atoms with Crippen molar-refractivity contribution in [3.8, 4) is 0 Å². The minimum absolute atomic E-state index is 0.123. The number of fused-ring (bicyclic) bond motifs is 1. The molecule has 2 aromatic carbocycles. The molecule has 3 rings (SSSR count). The Labute approximate surface area is 151 Å². The van der Waals surface area contributed by atoms with Gasteiger partial charge in [0.1, 0.15) is 0 Å². The molecule has 1 atom stereocenters. The van der Waals surface area contributed by atoms with Gasteiger partial charge in [-0.15, -0.1) is 0 Å². The third-order valence-corrected chi connectivity index (χ3v) is 4.97. The number of nitrogens with zero attached hydrogens (tertiary/aromatic N) is 1. The zero-order chi connectivity index (χ0) is 17.6. The highest BCUT2D eigenvalue weighted by Crippen LogP contribution is 2.36. The molecule has 0 aliphatic heterocycles. The minimum Gasteiger partial charge on any atom is -0.355 e. The first-order valence-electron chi connectivity index (χ1n) is 9.31. The number of amides is 1. The second-order valence-corrected chi connectivity index (χ2v) is 6.99. The molecular formula is C22H28N2O. The Morgan fingerprint density at radius 1 is 1.16 bits per heavy atom. The molecule has 1 amide bonds. The highest BCUT2D eigenvalue weighted by Gasteiger charge is 2.28. The van der Waals surface area contributed by atoms with Crippen LogP contribution in [-0.2, 0) is 17.8 Å². The summed E-state index contributed by atoms with van der Waals surface area (Å²) in [5.74, 6) is 0.123. The second-order valence-electron chi connectivity index (χ2n) is 6.99. The van der Waals surface area contributed by atoms with Crippen LogP contribution < -0.4 is 5.32 Å². The maximum absolute atomic E-state index is 12.4. The van der Waals surface area contributed by atoms with Crippen molar-refractivity contribution in [2.24, 2.45) is 0 Å². The standard InChI is InChI=1S/C22H28N2O/c1-3-14-23-22(25)16-24(15-18-10-8-17(2)9-11-18)21-13-12-19-6-4-5-7-20(19)21/h4-11,21H,3,12-16H2,1-2H3,(H,23,25). The van der Waals surface area contributed by atoms with E-state index in [1.807, 2.05) is 0 Å². The molecule has 0 fully saturated rings. The Bertz CT molecular complexity index is 708. The third-order valence-electron chi connectivity index (χ3n) is 4.97. The summed E-state index contributed by atoms with van der Waals surface area (Å²) >= 11 is 0. The van der Waals surface area contributed by atoms with Gasteiger partial charge in [-0.2, -0.15) is 0 Å². The van der Waals surface area contributed by atoms with Crippen LogP contribution in [0.5, 0.6) is 0 Å². The maximum Gasteiger partial charge on any atom is 0.234 e. The monoisotopic (exact) mass is 336 g/mol. The van der Waals surface area contributed by atoms with Gasteiger partial charge in [0.15, 0.2) is 0 Å². The molecule has 0 heterocycles. The summed E-state index contributed by atoms with van der Waals surface area (Å²) in [6, 6.07) is 17.6. The van der Waals surface area contributed by atoms with Gasteiger partial charge in [0.25, 0.3) is 0 Å². The Hall–Kier alpha value is -2.13. The fraction of sp³-hybridized carbons (Fsp3) is 0.409. The summed E-state index contributed by atoms with van der Waals surface area (Å²) in [6.07, 6.45) is 3.16. The van der Waals surface area contributed by atoms with Gasteiger partial charge in [-0.3, -0.25) is 9.69 Å². The summed E-state index contributed by atoms with van der Waals surface area (Å²) < 4.78 is 0. The van der Waals surface area contributed by atoms with Crippen LogP contribution in [0.25, 0.3) is 0 Å². The molecule has 25 heavy (non-hydrogen) atoms. The Kier molecular flexibility index (Phi) is 5.87. The predicted octanol–water partition coefficient (Wildman–Crippen LogP) is 4.01. The topological polar surface area (TPSA) is 32.3 Å². The molecule has 0 aromatic heterocycles. The number of rotatable bonds is 7. The first-order chi connectivity index (χ1) is 12.2. The molecule has 0 saturated carbocycles. The average Bonchev–Trinajstić information content (AvgIpc) is 3.05. The first-order valence-corrected chi connectivity index (χ1v) is 9.31. The minimum atomic E-state index is 0.123. The average molecular weight is 336 g/mol. The molecule has 1 aliphatic rings. The van der Waals surface area contributed by atoms with E-state index in [9.17, 15) is 4.79 Å².